The van der Waals surface area contributed by atoms with Crippen LogP contribution in [0.2, 0.25) is 0 Å². The molecule has 0 radical (unpaired) electrons. The molecule has 3 amide bonds. The lowest BCUT2D eigenvalue weighted by Crippen LogP contribution is -2.50. The Morgan fingerprint density at radius 1 is 0.818 bits per heavy atom. The minimum atomic E-state index is -0.608. The average molecular weight is 607 g/mol. The van der Waals surface area contributed by atoms with Crippen molar-refractivity contribution in [1.82, 2.24) is 16.0 Å². The van der Waals surface area contributed by atoms with Gasteiger partial charge in [0.05, 0.1) is 0 Å². The van der Waals surface area contributed by atoms with Gasteiger partial charge in [0, 0.05) is 25.9 Å². The first-order valence-corrected chi connectivity index (χ1v) is 16.4. The van der Waals surface area contributed by atoms with Crippen LogP contribution in [0.25, 0.3) is 0 Å². The number of amides is 3. The van der Waals surface area contributed by atoms with Crippen molar-refractivity contribution in [3.05, 3.63) is 59.7 Å². The van der Waals surface area contributed by atoms with Gasteiger partial charge >= 0.3 is 0 Å². The fourth-order valence-electron chi connectivity index (χ4n) is 6.25. The van der Waals surface area contributed by atoms with Crippen molar-refractivity contribution in [3.63, 3.8) is 0 Å². The van der Waals surface area contributed by atoms with Crippen molar-refractivity contribution in [3.8, 4) is 11.5 Å². The van der Waals surface area contributed by atoms with Gasteiger partial charge in [-0.05, 0) is 93.0 Å². The summed E-state index contributed by atoms with van der Waals surface area (Å²) in [4.78, 5) is 39.2. The van der Waals surface area contributed by atoms with E-state index in [4.69, 9.17) is 15.2 Å². The first kappa shape index (κ1) is 33.3. The van der Waals surface area contributed by atoms with E-state index in [0.717, 1.165) is 87.7 Å². The summed E-state index contributed by atoms with van der Waals surface area (Å²) in [6.07, 6.45) is 11.1. The first-order valence-electron chi connectivity index (χ1n) is 16.4. The number of nitrogens with one attached hydrogen (secondary N) is 3. The van der Waals surface area contributed by atoms with E-state index in [2.05, 4.69) is 28.1 Å². The number of nitrogens with two attached hydrogens (primary N) is 1. The lowest BCUT2D eigenvalue weighted by Gasteiger charge is -2.37. The maximum absolute atomic E-state index is 13.4. The van der Waals surface area contributed by atoms with Crippen LogP contribution in [0.3, 0.4) is 0 Å². The average Bonchev–Trinajstić information content (AvgIpc) is 3.51. The van der Waals surface area contributed by atoms with Crippen molar-refractivity contribution in [2.24, 2.45) is 11.1 Å². The predicted molar refractivity (Wildman–Crippen MR) is 171 cm³/mol. The molecule has 9 heteroatoms. The van der Waals surface area contributed by atoms with Crippen LogP contribution in [0.1, 0.15) is 88.2 Å². The van der Waals surface area contributed by atoms with Gasteiger partial charge in [0.25, 0.3) is 0 Å². The number of rotatable bonds is 18. The molecule has 1 fully saturated rings. The summed E-state index contributed by atoms with van der Waals surface area (Å²) < 4.78 is 10.8. The minimum absolute atomic E-state index is 0.0330. The number of fused-ring (bicyclic) bond motifs is 1. The van der Waals surface area contributed by atoms with Crippen LogP contribution in [0, 0.1) is 5.41 Å². The zero-order valence-corrected chi connectivity index (χ0v) is 26.0. The molecule has 1 heterocycles. The monoisotopic (exact) mass is 606 g/mol. The summed E-state index contributed by atoms with van der Waals surface area (Å²) in [5.41, 5.74) is 7.78. The second kappa shape index (κ2) is 17.6. The minimum Gasteiger partial charge on any atom is -0.454 e. The molecule has 0 bridgehead atoms. The lowest BCUT2D eigenvalue weighted by atomic mass is 9.71. The molecule has 5 N–H and O–H groups in total. The summed E-state index contributed by atoms with van der Waals surface area (Å²) in [6.45, 7) is 1.84. The number of aryl methyl sites for hydroxylation is 1. The smallest absolute Gasteiger partial charge is 0.242 e. The van der Waals surface area contributed by atoms with Crippen LogP contribution < -0.4 is 31.2 Å². The Morgan fingerprint density at radius 3 is 2.41 bits per heavy atom. The standard InChI is InChI=1S/C35H50N4O5/c36-21-10-7-14-29(39-32(40)15-6-5-13-28-16-17-30-31(23-28)44-26-43-30)34(42)38-25-35(19-8-2-9-20-35)24-33(41)37-22-18-27-11-3-1-4-12-27/h1,3-4,11-12,16-17,23,29H,2,5-10,13-15,18-22,24-26,36H2,(H,37,41)(H,38,42)(H,39,40)/t29-/m0/s1. The van der Waals surface area contributed by atoms with Crippen LogP contribution in [-0.4, -0.2) is 50.2 Å². The van der Waals surface area contributed by atoms with E-state index in [1.165, 1.54) is 5.56 Å². The number of ether oxygens (including phenoxy) is 2. The highest BCUT2D eigenvalue weighted by Gasteiger charge is 2.35. The van der Waals surface area contributed by atoms with E-state index in [1.54, 1.807) is 0 Å². The highest BCUT2D eigenvalue weighted by Crippen LogP contribution is 2.39. The fourth-order valence-corrected chi connectivity index (χ4v) is 6.25. The van der Waals surface area contributed by atoms with Crippen LogP contribution in [0.15, 0.2) is 48.5 Å². The van der Waals surface area contributed by atoms with Crippen molar-refractivity contribution in [2.75, 3.05) is 26.4 Å². The Bertz CT molecular complexity index is 1200. The number of benzene rings is 2. The van der Waals surface area contributed by atoms with E-state index >= 15 is 0 Å². The van der Waals surface area contributed by atoms with Gasteiger partial charge in [-0.3, -0.25) is 14.4 Å². The van der Waals surface area contributed by atoms with E-state index in [0.29, 0.717) is 38.9 Å². The molecular weight excluding hydrogens is 556 g/mol. The molecule has 2 aliphatic rings. The normalized spacial score (nSPS) is 15.8. The largest absolute Gasteiger partial charge is 0.454 e. The van der Waals surface area contributed by atoms with Gasteiger partial charge in [-0.1, -0.05) is 55.7 Å². The number of carbonyl (C=O) groups excluding carboxylic acids is 3. The summed E-state index contributed by atoms with van der Waals surface area (Å²) in [6, 6.07) is 15.5. The summed E-state index contributed by atoms with van der Waals surface area (Å²) in [5.74, 6) is 1.28. The van der Waals surface area contributed by atoms with Gasteiger partial charge in [-0.2, -0.15) is 0 Å². The Labute approximate surface area is 262 Å². The molecule has 2 aromatic rings. The molecule has 2 aromatic carbocycles. The molecule has 1 saturated carbocycles. The molecule has 0 saturated heterocycles. The van der Waals surface area contributed by atoms with Crippen LogP contribution in [0.4, 0.5) is 0 Å². The van der Waals surface area contributed by atoms with E-state index < -0.39 is 6.04 Å². The first-order chi connectivity index (χ1) is 21.5. The van der Waals surface area contributed by atoms with E-state index in [-0.39, 0.29) is 29.9 Å². The van der Waals surface area contributed by atoms with Gasteiger partial charge < -0.3 is 31.2 Å². The third-order valence-corrected chi connectivity index (χ3v) is 8.82. The number of carbonyl (C=O) groups is 3. The third kappa shape index (κ3) is 10.8. The third-order valence-electron chi connectivity index (χ3n) is 8.82. The van der Waals surface area contributed by atoms with Crippen molar-refractivity contribution in [1.29, 1.82) is 0 Å². The van der Waals surface area contributed by atoms with Gasteiger partial charge in [0.2, 0.25) is 24.5 Å². The molecule has 240 valence electrons. The van der Waals surface area contributed by atoms with Crippen molar-refractivity contribution < 1.29 is 23.9 Å². The zero-order chi connectivity index (χ0) is 31.0. The topological polar surface area (TPSA) is 132 Å². The van der Waals surface area contributed by atoms with Gasteiger partial charge in [0.15, 0.2) is 11.5 Å². The maximum Gasteiger partial charge on any atom is 0.242 e. The molecule has 9 nitrogen and oxygen atoms in total. The molecular formula is C35H50N4O5. The highest BCUT2D eigenvalue weighted by molar-refractivity contribution is 5.87. The van der Waals surface area contributed by atoms with Gasteiger partial charge in [-0.25, -0.2) is 0 Å². The quantitative estimate of drug-likeness (QED) is 0.184. The van der Waals surface area contributed by atoms with Crippen LogP contribution >= 0.6 is 0 Å². The van der Waals surface area contributed by atoms with Gasteiger partial charge in [-0.15, -0.1) is 0 Å². The summed E-state index contributed by atoms with van der Waals surface area (Å²) >= 11 is 0. The molecule has 1 atom stereocenters. The molecule has 44 heavy (non-hydrogen) atoms. The van der Waals surface area contributed by atoms with E-state index in [1.807, 2.05) is 36.4 Å². The summed E-state index contributed by atoms with van der Waals surface area (Å²) in [5, 5.41) is 9.21. The Balaban J connectivity index is 1.23. The molecule has 0 aromatic heterocycles. The summed E-state index contributed by atoms with van der Waals surface area (Å²) in [7, 11) is 0. The molecule has 0 unspecified atom stereocenters. The SMILES string of the molecule is NCCCC[C@H](NC(=O)CCCCc1ccc2c(c1)OCO2)C(=O)NCC1(CC(=O)NCCc2ccccc2)CCCCC1. The fraction of sp³-hybridized carbons (Fsp3) is 0.571. The zero-order valence-electron chi connectivity index (χ0n) is 26.0. The van der Waals surface area contributed by atoms with Crippen molar-refractivity contribution in [2.45, 2.75) is 95.9 Å². The van der Waals surface area contributed by atoms with Crippen molar-refractivity contribution >= 4 is 17.7 Å². The van der Waals surface area contributed by atoms with Gasteiger partial charge in [0.1, 0.15) is 6.04 Å². The maximum atomic E-state index is 13.4. The second-order valence-corrected chi connectivity index (χ2v) is 12.3. The molecule has 1 aliphatic carbocycles. The Kier molecular flexibility index (Phi) is 13.4. The number of unbranched alkanes of at least 4 members (excludes halogenated alkanes) is 2. The number of hydrogen-bond donors (Lipinski definition) is 4. The Hall–Kier alpha value is -3.59. The molecule has 1 aliphatic heterocycles. The predicted octanol–water partition coefficient (Wildman–Crippen LogP) is 4.56. The number of hydrogen-bond acceptors (Lipinski definition) is 6. The van der Waals surface area contributed by atoms with E-state index in [9.17, 15) is 14.4 Å². The van der Waals surface area contributed by atoms with Crippen LogP contribution in [0.5, 0.6) is 11.5 Å². The molecule has 0 spiro atoms. The lowest BCUT2D eigenvalue weighted by molar-refractivity contribution is -0.130. The highest BCUT2D eigenvalue weighted by atomic mass is 16.7. The Morgan fingerprint density at radius 2 is 1.61 bits per heavy atom. The van der Waals surface area contributed by atoms with Crippen LogP contribution in [-0.2, 0) is 27.2 Å². The second-order valence-electron chi connectivity index (χ2n) is 12.3. The molecule has 4 rings (SSSR count).